The van der Waals surface area contributed by atoms with Gasteiger partial charge in [-0.05, 0) is 45.7 Å². The van der Waals surface area contributed by atoms with Crippen molar-refractivity contribution in [2.45, 2.75) is 44.8 Å². The van der Waals surface area contributed by atoms with Crippen molar-refractivity contribution in [3.05, 3.63) is 11.1 Å². The van der Waals surface area contributed by atoms with Gasteiger partial charge in [-0.3, -0.25) is 0 Å². The molecule has 2 fully saturated rings. The van der Waals surface area contributed by atoms with Crippen LogP contribution < -0.4 is 10.2 Å². The van der Waals surface area contributed by atoms with Crippen LogP contribution in [0.3, 0.4) is 0 Å². The molecule has 0 aromatic carbocycles. The standard InChI is InChI=1S/C16H28N4OS/c1-13-12-22-16(18-13)20-8-4-14(5-9-20)17-10-15(21)11-19-6-2-3-7-19/h12,14-15,17,21H,2-11H2,1H3. The first-order valence-corrected chi connectivity index (χ1v) is 9.39. The maximum atomic E-state index is 10.2. The van der Waals surface area contributed by atoms with E-state index in [9.17, 15) is 5.11 Å². The molecule has 5 nitrogen and oxygen atoms in total. The average Bonchev–Trinajstić information content (AvgIpc) is 3.17. The highest BCUT2D eigenvalue weighted by Crippen LogP contribution is 2.23. The Morgan fingerprint density at radius 3 is 2.68 bits per heavy atom. The van der Waals surface area contributed by atoms with Crippen molar-refractivity contribution in [2.75, 3.05) is 44.2 Å². The largest absolute Gasteiger partial charge is 0.390 e. The van der Waals surface area contributed by atoms with Gasteiger partial charge < -0.3 is 20.2 Å². The Morgan fingerprint density at radius 2 is 2.05 bits per heavy atom. The second kappa shape index (κ2) is 7.73. The van der Waals surface area contributed by atoms with Crippen molar-refractivity contribution in [3.8, 4) is 0 Å². The van der Waals surface area contributed by atoms with Crippen molar-refractivity contribution < 1.29 is 5.11 Å². The molecule has 0 aliphatic carbocycles. The summed E-state index contributed by atoms with van der Waals surface area (Å²) in [5.41, 5.74) is 1.12. The van der Waals surface area contributed by atoms with Gasteiger partial charge in [-0.2, -0.15) is 0 Å². The lowest BCUT2D eigenvalue weighted by Crippen LogP contribution is -2.46. The number of aromatic nitrogens is 1. The number of rotatable bonds is 6. The second-order valence-electron chi connectivity index (χ2n) is 6.60. The number of aliphatic hydroxyl groups is 1. The molecule has 0 spiro atoms. The summed E-state index contributed by atoms with van der Waals surface area (Å²) in [6, 6.07) is 0.533. The summed E-state index contributed by atoms with van der Waals surface area (Å²) in [5, 5.41) is 17.0. The minimum Gasteiger partial charge on any atom is -0.390 e. The molecule has 3 heterocycles. The van der Waals surface area contributed by atoms with Gasteiger partial charge in [0.2, 0.25) is 0 Å². The maximum Gasteiger partial charge on any atom is 0.185 e. The van der Waals surface area contributed by atoms with Crippen molar-refractivity contribution >= 4 is 16.5 Å². The number of piperidine rings is 1. The Morgan fingerprint density at radius 1 is 1.32 bits per heavy atom. The Balaban J connectivity index is 1.35. The molecular formula is C16H28N4OS. The number of anilines is 1. The van der Waals surface area contributed by atoms with E-state index in [-0.39, 0.29) is 6.10 Å². The van der Waals surface area contributed by atoms with E-state index in [2.05, 4.69) is 32.4 Å². The molecule has 2 aliphatic heterocycles. The first-order chi connectivity index (χ1) is 10.7. The highest BCUT2D eigenvalue weighted by atomic mass is 32.1. The monoisotopic (exact) mass is 324 g/mol. The summed E-state index contributed by atoms with van der Waals surface area (Å²) < 4.78 is 0. The molecule has 0 amide bonds. The van der Waals surface area contributed by atoms with Crippen LogP contribution in [0.25, 0.3) is 0 Å². The fraction of sp³-hybridized carbons (Fsp3) is 0.812. The first-order valence-electron chi connectivity index (χ1n) is 8.51. The van der Waals surface area contributed by atoms with Crippen molar-refractivity contribution in [1.29, 1.82) is 0 Å². The topological polar surface area (TPSA) is 51.6 Å². The van der Waals surface area contributed by atoms with Gasteiger partial charge in [0.15, 0.2) is 5.13 Å². The smallest absolute Gasteiger partial charge is 0.185 e. The van der Waals surface area contributed by atoms with Crippen LogP contribution in [0.4, 0.5) is 5.13 Å². The number of thiazole rings is 1. The van der Waals surface area contributed by atoms with Gasteiger partial charge in [0.1, 0.15) is 0 Å². The molecule has 0 bridgehead atoms. The molecule has 1 aromatic heterocycles. The van der Waals surface area contributed by atoms with Gasteiger partial charge in [0.05, 0.1) is 11.8 Å². The quantitative estimate of drug-likeness (QED) is 0.830. The average molecular weight is 324 g/mol. The van der Waals surface area contributed by atoms with E-state index < -0.39 is 0 Å². The van der Waals surface area contributed by atoms with Crippen LogP contribution >= 0.6 is 11.3 Å². The molecule has 2 saturated heterocycles. The molecule has 1 atom stereocenters. The van der Waals surface area contributed by atoms with Gasteiger partial charge >= 0.3 is 0 Å². The van der Waals surface area contributed by atoms with E-state index in [1.54, 1.807) is 11.3 Å². The maximum absolute atomic E-state index is 10.2. The molecule has 22 heavy (non-hydrogen) atoms. The van der Waals surface area contributed by atoms with Crippen LogP contribution in [-0.4, -0.2) is 66.4 Å². The second-order valence-corrected chi connectivity index (χ2v) is 7.44. The van der Waals surface area contributed by atoms with Crippen LogP contribution in [0.2, 0.25) is 0 Å². The molecule has 0 radical (unpaired) electrons. The predicted octanol–water partition coefficient (Wildman–Crippen LogP) is 1.47. The van der Waals surface area contributed by atoms with E-state index >= 15 is 0 Å². The van der Waals surface area contributed by atoms with Gasteiger partial charge in [-0.1, -0.05) is 0 Å². The lowest BCUT2D eigenvalue weighted by molar-refractivity contribution is 0.119. The predicted molar refractivity (Wildman–Crippen MR) is 91.8 cm³/mol. The highest BCUT2D eigenvalue weighted by Gasteiger charge is 2.22. The lowest BCUT2D eigenvalue weighted by Gasteiger charge is -2.33. The van der Waals surface area contributed by atoms with Crippen LogP contribution in [0, 0.1) is 6.92 Å². The summed E-state index contributed by atoms with van der Waals surface area (Å²) in [6.07, 6.45) is 4.60. The Bertz CT molecular complexity index is 453. The SMILES string of the molecule is Cc1csc(N2CCC(NCC(O)CN3CCCC3)CC2)n1. The Kier molecular flexibility index (Phi) is 5.68. The summed E-state index contributed by atoms with van der Waals surface area (Å²) in [5.74, 6) is 0. The molecular weight excluding hydrogens is 296 g/mol. The summed E-state index contributed by atoms with van der Waals surface area (Å²) >= 11 is 1.74. The van der Waals surface area contributed by atoms with Crippen molar-refractivity contribution in [1.82, 2.24) is 15.2 Å². The Hall–Kier alpha value is -0.690. The molecule has 2 aliphatic rings. The molecule has 1 unspecified atom stereocenters. The van der Waals surface area contributed by atoms with Crippen LogP contribution in [-0.2, 0) is 0 Å². The fourth-order valence-corrected chi connectivity index (χ4v) is 4.25. The number of aryl methyl sites for hydroxylation is 1. The number of aliphatic hydroxyl groups excluding tert-OH is 1. The molecule has 1 aromatic rings. The third-order valence-electron chi connectivity index (χ3n) is 4.68. The van der Waals surface area contributed by atoms with Gasteiger partial charge in [-0.25, -0.2) is 4.98 Å². The van der Waals surface area contributed by atoms with E-state index in [0.717, 1.165) is 62.9 Å². The first kappa shape index (κ1) is 16.2. The summed E-state index contributed by atoms with van der Waals surface area (Å²) in [7, 11) is 0. The van der Waals surface area contributed by atoms with Gasteiger partial charge in [0, 0.05) is 37.6 Å². The normalized spacial score (nSPS) is 22.4. The number of nitrogens with one attached hydrogen (secondary N) is 1. The molecule has 2 N–H and O–H groups in total. The third kappa shape index (κ3) is 4.41. The van der Waals surface area contributed by atoms with E-state index in [1.165, 1.54) is 12.8 Å². The third-order valence-corrected chi connectivity index (χ3v) is 5.70. The number of likely N-dealkylation sites (tertiary alicyclic amines) is 1. The highest BCUT2D eigenvalue weighted by molar-refractivity contribution is 7.13. The zero-order valence-electron chi connectivity index (χ0n) is 13.5. The van der Waals surface area contributed by atoms with Crippen LogP contribution in [0.15, 0.2) is 5.38 Å². The van der Waals surface area contributed by atoms with Crippen LogP contribution in [0.5, 0.6) is 0 Å². The summed E-state index contributed by atoms with van der Waals surface area (Å²) in [4.78, 5) is 9.33. The lowest BCUT2D eigenvalue weighted by atomic mass is 10.1. The zero-order chi connectivity index (χ0) is 15.4. The minimum atomic E-state index is -0.238. The zero-order valence-corrected chi connectivity index (χ0v) is 14.3. The van der Waals surface area contributed by atoms with Crippen molar-refractivity contribution in [3.63, 3.8) is 0 Å². The molecule has 6 heteroatoms. The van der Waals surface area contributed by atoms with E-state index in [4.69, 9.17) is 0 Å². The van der Waals surface area contributed by atoms with Gasteiger partial charge in [-0.15, -0.1) is 11.3 Å². The van der Waals surface area contributed by atoms with E-state index in [0.29, 0.717) is 6.04 Å². The van der Waals surface area contributed by atoms with Crippen LogP contribution in [0.1, 0.15) is 31.4 Å². The molecule has 0 saturated carbocycles. The number of hydrogen-bond donors (Lipinski definition) is 2. The van der Waals surface area contributed by atoms with Crippen molar-refractivity contribution in [2.24, 2.45) is 0 Å². The van der Waals surface area contributed by atoms with E-state index in [1.807, 2.05) is 0 Å². The number of hydrogen-bond acceptors (Lipinski definition) is 6. The van der Waals surface area contributed by atoms with Gasteiger partial charge in [0.25, 0.3) is 0 Å². The summed E-state index contributed by atoms with van der Waals surface area (Å²) in [6.45, 7) is 8.03. The molecule has 124 valence electrons. The molecule has 3 rings (SSSR count). The fourth-order valence-electron chi connectivity index (χ4n) is 3.39. The number of β-amino-alcohol motifs (C(OH)–C–C–N with tert-alkyl or cyclic N) is 1. The minimum absolute atomic E-state index is 0.238. The Labute approximate surface area is 137 Å². The number of nitrogens with zero attached hydrogens (tertiary/aromatic N) is 3.